The lowest BCUT2D eigenvalue weighted by Gasteiger charge is -2.16. The van der Waals surface area contributed by atoms with Crippen LogP contribution in [0.3, 0.4) is 0 Å². The Morgan fingerprint density at radius 1 is 1.31 bits per heavy atom. The lowest BCUT2D eigenvalue weighted by Crippen LogP contribution is -2.15. The second-order valence-corrected chi connectivity index (χ2v) is 5.83. The average Bonchev–Trinajstić information content (AvgIpc) is 2.42. The van der Waals surface area contributed by atoms with Gasteiger partial charge in [-0.25, -0.2) is 4.68 Å². The standard InChI is InChI=1S/C13H24N2O/c1-7-10-11(13(4,5)6)14-15(12(10)16)8-9(2)3/h9,16H,7-8H2,1-6H3. The molecule has 3 nitrogen and oxygen atoms in total. The van der Waals surface area contributed by atoms with E-state index in [0.29, 0.717) is 11.8 Å². The third-order valence-corrected chi connectivity index (χ3v) is 2.62. The van der Waals surface area contributed by atoms with Crippen molar-refractivity contribution in [3.63, 3.8) is 0 Å². The molecule has 0 atom stereocenters. The molecule has 1 heterocycles. The smallest absolute Gasteiger partial charge is 0.212 e. The first-order valence-corrected chi connectivity index (χ1v) is 6.06. The van der Waals surface area contributed by atoms with E-state index in [1.165, 1.54) is 0 Å². The van der Waals surface area contributed by atoms with E-state index in [9.17, 15) is 5.11 Å². The van der Waals surface area contributed by atoms with Gasteiger partial charge in [0.2, 0.25) is 5.88 Å². The predicted octanol–water partition coefficient (Wildman–Crippen LogP) is 3.10. The normalized spacial score (nSPS) is 12.4. The van der Waals surface area contributed by atoms with Crippen LogP contribution in [0.2, 0.25) is 0 Å². The van der Waals surface area contributed by atoms with Crippen LogP contribution in [0, 0.1) is 5.92 Å². The Labute approximate surface area is 98.5 Å². The first-order valence-electron chi connectivity index (χ1n) is 6.06. The summed E-state index contributed by atoms with van der Waals surface area (Å²) in [6.45, 7) is 13.5. The molecule has 0 radical (unpaired) electrons. The quantitative estimate of drug-likeness (QED) is 0.856. The van der Waals surface area contributed by atoms with Crippen molar-refractivity contribution >= 4 is 0 Å². The highest BCUT2D eigenvalue weighted by Crippen LogP contribution is 2.31. The fourth-order valence-electron chi connectivity index (χ4n) is 1.89. The summed E-state index contributed by atoms with van der Waals surface area (Å²) in [5, 5.41) is 14.7. The zero-order chi connectivity index (χ0) is 12.5. The molecule has 0 saturated heterocycles. The third-order valence-electron chi connectivity index (χ3n) is 2.62. The van der Waals surface area contributed by atoms with Gasteiger partial charge in [0.25, 0.3) is 0 Å². The minimum absolute atomic E-state index is 0.00888. The van der Waals surface area contributed by atoms with Crippen LogP contribution >= 0.6 is 0 Å². The molecule has 0 spiro atoms. The second-order valence-electron chi connectivity index (χ2n) is 5.83. The van der Waals surface area contributed by atoms with Gasteiger partial charge in [0.15, 0.2) is 0 Å². The lowest BCUT2D eigenvalue weighted by molar-refractivity contribution is 0.367. The van der Waals surface area contributed by atoms with E-state index in [2.05, 4.69) is 46.6 Å². The molecule has 0 aliphatic rings. The number of aromatic nitrogens is 2. The maximum absolute atomic E-state index is 10.1. The Balaban J connectivity index is 3.20. The minimum Gasteiger partial charge on any atom is -0.493 e. The van der Waals surface area contributed by atoms with Crippen LogP contribution in [0.5, 0.6) is 5.88 Å². The summed E-state index contributed by atoms with van der Waals surface area (Å²) in [5.41, 5.74) is 2.01. The Morgan fingerprint density at radius 3 is 2.19 bits per heavy atom. The maximum Gasteiger partial charge on any atom is 0.212 e. The lowest BCUT2D eigenvalue weighted by atomic mass is 9.89. The summed E-state index contributed by atoms with van der Waals surface area (Å²) in [7, 11) is 0. The van der Waals surface area contributed by atoms with Gasteiger partial charge in [-0.05, 0) is 12.3 Å². The Bertz CT molecular complexity index is 359. The van der Waals surface area contributed by atoms with Crippen molar-refractivity contribution in [2.45, 2.75) is 59.9 Å². The molecule has 0 aliphatic heterocycles. The SMILES string of the molecule is CCc1c(C(C)(C)C)nn(CC(C)C)c1O. The van der Waals surface area contributed by atoms with Gasteiger partial charge in [-0.3, -0.25) is 0 Å². The van der Waals surface area contributed by atoms with Crippen LogP contribution in [-0.4, -0.2) is 14.9 Å². The van der Waals surface area contributed by atoms with Crippen LogP contribution < -0.4 is 0 Å². The average molecular weight is 224 g/mol. The summed E-state index contributed by atoms with van der Waals surface area (Å²) in [6.07, 6.45) is 0.830. The number of rotatable bonds is 3. The minimum atomic E-state index is -0.00888. The van der Waals surface area contributed by atoms with Crippen molar-refractivity contribution in [2.24, 2.45) is 5.92 Å². The van der Waals surface area contributed by atoms with E-state index >= 15 is 0 Å². The van der Waals surface area contributed by atoms with Gasteiger partial charge in [-0.1, -0.05) is 41.5 Å². The van der Waals surface area contributed by atoms with Gasteiger partial charge in [0, 0.05) is 17.5 Å². The van der Waals surface area contributed by atoms with Crippen LogP contribution in [0.4, 0.5) is 0 Å². The number of nitrogens with zero attached hydrogens (tertiary/aromatic N) is 2. The van der Waals surface area contributed by atoms with Crippen molar-refractivity contribution in [3.8, 4) is 5.88 Å². The van der Waals surface area contributed by atoms with Crippen LogP contribution in [0.15, 0.2) is 0 Å². The van der Waals surface area contributed by atoms with Gasteiger partial charge in [0.05, 0.1) is 5.69 Å². The molecule has 0 saturated carbocycles. The van der Waals surface area contributed by atoms with Crippen molar-refractivity contribution < 1.29 is 5.11 Å². The molecule has 1 aromatic heterocycles. The predicted molar refractivity (Wildman–Crippen MR) is 66.8 cm³/mol. The van der Waals surface area contributed by atoms with Crippen LogP contribution in [-0.2, 0) is 18.4 Å². The van der Waals surface area contributed by atoms with Gasteiger partial charge in [-0.15, -0.1) is 0 Å². The molecule has 0 aliphatic carbocycles. The van der Waals surface area contributed by atoms with Gasteiger partial charge < -0.3 is 5.11 Å². The summed E-state index contributed by atoms with van der Waals surface area (Å²) in [5.74, 6) is 0.837. The number of aromatic hydroxyl groups is 1. The van der Waals surface area contributed by atoms with E-state index in [4.69, 9.17) is 0 Å². The van der Waals surface area contributed by atoms with Gasteiger partial charge in [0.1, 0.15) is 0 Å². The van der Waals surface area contributed by atoms with E-state index < -0.39 is 0 Å². The van der Waals surface area contributed by atoms with Crippen LogP contribution in [0.1, 0.15) is 52.8 Å². The Hall–Kier alpha value is -0.990. The molecular weight excluding hydrogens is 200 g/mol. The fraction of sp³-hybridized carbons (Fsp3) is 0.769. The molecule has 0 unspecified atom stereocenters. The van der Waals surface area contributed by atoms with E-state index in [-0.39, 0.29) is 5.41 Å². The molecule has 92 valence electrons. The zero-order valence-corrected chi connectivity index (χ0v) is 11.3. The topological polar surface area (TPSA) is 38.0 Å². The largest absolute Gasteiger partial charge is 0.493 e. The highest BCUT2D eigenvalue weighted by atomic mass is 16.3. The molecule has 1 N–H and O–H groups in total. The van der Waals surface area contributed by atoms with Crippen molar-refractivity contribution in [3.05, 3.63) is 11.3 Å². The molecule has 1 aromatic rings. The van der Waals surface area contributed by atoms with E-state index in [1.807, 2.05) is 0 Å². The molecule has 0 bridgehead atoms. The first kappa shape index (κ1) is 13.1. The van der Waals surface area contributed by atoms with Gasteiger partial charge >= 0.3 is 0 Å². The second kappa shape index (κ2) is 4.48. The molecule has 0 fully saturated rings. The van der Waals surface area contributed by atoms with Crippen molar-refractivity contribution in [1.29, 1.82) is 0 Å². The molecular formula is C13H24N2O. The van der Waals surface area contributed by atoms with E-state index in [1.54, 1.807) is 4.68 Å². The summed E-state index contributed by atoms with van der Waals surface area (Å²) in [4.78, 5) is 0. The van der Waals surface area contributed by atoms with Crippen molar-refractivity contribution in [2.75, 3.05) is 0 Å². The Morgan fingerprint density at radius 2 is 1.88 bits per heavy atom. The summed E-state index contributed by atoms with van der Waals surface area (Å²) >= 11 is 0. The molecule has 0 amide bonds. The van der Waals surface area contributed by atoms with E-state index in [0.717, 1.165) is 24.2 Å². The molecule has 0 aromatic carbocycles. The summed E-state index contributed by atoms with van der Waals surface area (Å²) < 4.78 is 1.74. The first-order chi connectivity index (χ1) is 7.27. The molecule has 3 heteroatoms. The Kier molecular flexibility index (Phi) is 3.66. The van der Waals surface area contributed by atoms with Crippen molar-refractivity contribution in [1.82, 2.24) is 9.78 Å². The third kappa shape index (κ3) is 2.57. The van der Waals surface area contributed by atoms with Gasteiger partial charge in [-0.2, -0.15) is 5.10 Å². The monoisotopic (exact) mass is 224 g/mol. The number of hydrogen-bond acceptors (Lipinski definition) is 2. The molecule has 16 heavy (non-hydrogen) atoms. The zero-order valence-electron chi connectivity index (χ0n) is 11.3. The number of hydrogen-bond donors (Lipinski definition) is 1. The summed E-state index contributed by atoms with van der Waals surface area (Å²) in [6, 6.07) is 0. The fourth-order valence-corrected chi connectivity index (χ4v) is 1.89. The maximum atomic E-state index is 10.1. The highest BCUT2D eigenvalue weighted by Gasteiger charge is 2.25. The molecule has 1 rings (SSSR count). The highest BCUT2D eigenvalue weighted by molar-refractivity contribution is 5.34. The van der Waals surface area contributed by atoms with Crippen LogP contribution in [0.25, 0.3) is 0 Å².